The largest absolute Gasteiger partial charge is 0.497 e. The van der Waals surface area contributed by atoms with E-state index in [0.29, 0.717) is 10.8 Å². The van der Waals surface area contributed by atoms with E-state index in [1.165, 1.54) is 31.2 Å². The van der Waals surface area contributed by atoms with Crippen molar-refractivity contribution in [3.63, 3.8) is 0 Å². The molecule has 1 N–H and O–H groups in total. The summed E-state index contributed by atoms with van der Waals surface area (Å²) in [4.78, 5) is 29.0. The lowest BCUT2D eigenvalue weighted by atomic mass is 10.0. The van der Waals surface area contributed by atoms with Crippen LogP contribution in [-0.2, 0) is 32.6 Å². The van der Waals surface area contributed by atoms with Crippen LogP contribution in [0.3, 0.4) is 0 Å². The average Bonchev–Trinajstić information content (AvgIpc) is 3.03. The molecule has 4 aromatic carbocycles. The van der Waals surface area contributed by atoms with Crippen molar-refractivity contribution >= 4 is 39.1 Å². The van der Waals surface area contributed by atoms with Crippen molar-refractivity contribution in [2.24, 2.45) is 0 Å². The fraction of sp³-hybridized carbons (Fsp3) is 0.212. The third kappa shape index (κ3) is 7.94. The molecule has 224 valence electrons. The number of anilines is 1. The molecule has 0 aromatic heterocycles. The van der Waals surface area contributed by atoms with Crippen molar-refractivity contribution in [1.29, 1.82) is 0 Å². The number of aryl methyl sites for hydroxylation is 1. The Hall–Kier alpha value is -4.34. The smallest absolute Gasteiger partial charge is 0.264 e. The van der Waals surface area contributed by atoms with E-state index >= 15 is 0 Å². The van der Waals surface area contributed by atoms with Gasteiger partial charge in [-0.05, 0) is 66.6 Å². The average molecular weight is 620 g/mol. The van der Waals surface area contributed by atoms with E-state index in [1.54, 1.807) is 36.4 Å². The number of halogens is 1. The second-order valence-electron chi connectivity index (χ2n) is 9.99. The fourth-order valence-corrected chi connectivity index (χ4v) is 6.16. The van der Waals surface area contributed by atoms with Crippen LogP contribution in [-0.4, -0.2) is 51.9 Å². The van der Waals surface area contributed by atoms with Gasteiger partial charge >= 0.3 is 0 Å². The first-order chi connectivity index (χ1) is 20.6. The molecule has 0 fully saturated rings. The molecule has 10 heteroatoms. The number of hydrogen-bond donors (Lipinski definition) is 1. The predicted octanol–water partition coefficient (Wildman–Crippen LogP) is 5.24. The highest BCUT2D eigenvalue weighted by Gasteiger charge is 2.34. The molecule has 0 aliphatic rings. The Kier molecular flexibility index (Phi) is 10.4. The number of nitrogens with one attached hydrogen (secondary N) is 1. The van der Waals surface area contributed by atoms with Crippen molar-refractivity contribution in [3.8, 4) is 5.75 Å². The summed E-state index contributed by atoms with van der Waals surface area (Å²) < 4.78 is 34.3. The first kappa shape index (κ1) is 31.6. The van der Waals surface area contributed by atoms with Crippen LogP contribution >= 0.6 is 11.6 Å². The Balaban J connectivity index is 1.77. The molecule has 0 saturated heterocycles. The number of likely N-dealkylation sites (N-methyl/N-ethyl adjacent to an activating group) is 1. The summed E-state index contributed by atoms with van der Waals surface area (Å²) in [6.45, 7) is 1.51. The summed E-state index contributed by atoms with van der Waals surface area (Å²) in [6.07, 6.45) is 0.240. The van der Waals surface area contributed by atoms with Gasteiger partial charge in [-0.15, -0.1) is 0 Å². The number of hydrogen-bond acceptors (Lipinski definition) is 5. The van der Waals surface area contributed by atoms with Gasteiger partial charge in [0, 0.05) is 25.0 Å². The summed E-state index contributed by atoms with van der Waals surface area (Å²) >= 11 is 6.11. The van der Waals surface area contributed by atoms with Gasteiger partial charge in [-0.2, -0.15) is 0 Å². The number of benzene rings is 4. The maximum atomic E-state index is 14.3. The molecule has 0 unspecified atom stereocenters. The van der Waals surface area contributed by atoms with E-state index in [2.05, 4.69) is 5.32 Å². The third-order valence-electron chi connectivity index (χ3n) is 7.03. The molecule has 1 atom stereocenters. The van der Waals surface area contributed by atoms with E-state index in [1.807, 2.05) is 61.5 Å². The van der Waals surface area contributed by atoms with E-state index in [-0.39, 0.29) is 29.5 Å². The minimum atomic E-state index is -4.22. The molecule has 0 heterocycles. The van der Waals surface area contributed by atoms with Crippen LogP contribution in [0.2, 0.25) is 5.02 Å². The molecule has 4 rings (SSSR count). The van der Waals surface area contributed by atoms with Crippen molar-refractivity contribution in [3.05, 3.63) is 125 Å². The van der Waals surface area contributed by atoms with Gasteiger partial charge < -0.3 is 15.0 Å². The quantitative estimate of drug-likeness (QED) is 0.234. The highest BCUT2D eigenvalue weighted by Crippen LogP contribution is 2.27. The second-order valence-corrected chi connectivity index (χ2v) is 12.3. The lowest BCUT2D eigenvalue weighted by Crippen LogP contribution is -2.53. The summed E-state index contributed by atoms with van der Waals surface area (Å²) in [7, 11) is -1.22. The molecule has 0 radical (unpaired) electrons. The minimum absolute atomic E-state index is 0.0201. The lowest BCUT2D eigenvalue weighted by molar-refractivity contribution is -0.139. The number of sulfonamides is 1. The molecule has 0 bridgehead atoms. The van der Waals surface area contributed by atoms with Crippen molar-refractivity contribution in [2.75, 3.05) is 25.0 Å². The summed E-state index contributed by atoms with van der Waals surface area (Å²) in [5, 5.41) is 3.10. The van der Waals surface area contributed by atoms with Crippen LogP contribution in [0.25, 0.3) is 0 Å². The Morgan fingerprint density at radius 2 is 1.49 bits per heavy atom. The van der Waals surface area contributed by atoms with Crippen LogP contribution in [0.5, 0.6) is 5.75 Å². The number of carbonyl (C=O) groups is 2. The maximum Gasteiger partial charge on any atom is 0.264 e. The van der Waals surface area contributed by atoms with Crippen LogP contribution in [0.1, 0.15) is 16.7 Å². The van der Waals surface area contributed by atoms with Gasteiger partial charge in [0.05, 0.1) is 17.7 Å². The zero-order chi connectivity index (χ0) is 31.0. The van der Waals surface area contributed by atoms with E-state index in [9.17, 15) is 18.0 Å². The highest BCUT2D eigenvalue weighted by atomic mass is 35.5. The zero-order valence-electron chi connectivity index (χ0n) is 24.2. The molecule has 2 amide bonds. The first-order valence-corrected chi connectivity index (χ1v) is 15.5. The molecule has 0 saturated carbocycles. The SMILES string of the molecule is CNC(=O)[C@@H](Cc1ccccc1)N(Cc1ccc(C)cc1)C(=O)CN(c1ccc(Cl)cc1)S(=O)(=O)c1ccc(OC)cc1. The van der Waals surface area contributed by atoms with Crippen molar-refractivity contribution in [1.82, 2.24) is 10.2 Å². The van der Waals surface area contributed by atoms with Crippen LogP contribution in [0.4, 0.5) is 5.69 Å². The molecule has 43 heavy (non-hydrogen) atoms. The van der Waals surface area contributed by atoms with E-state index in [4.69, 9.17) is 16.3 Å². The predicted molar refractivity (Wildman–Crippen MR) is 169 cm³/mol. The Morgan fingerprint density at radius 3 is 2.07 bits per heavy atom. The van der Waals surface area contributed by atoms with Gasteiger partial charge in [-0.25, -0.2) is 8.42 Å². The van der Waals surface area contributed by atoms with Gasteiger partial charge in [0.15, 0.2) is 0 Å². The molecule has 8 nitrogen and oxygen atoms in total. The normalized spacial score (nSPS) is 11.8. The molecule has 0 spiro atoms. The van der Waals surface area contributed by atoms with Crippen molar-refractivity contribution < 1.29 is 22.7 Å². The van der Waals surface area contributed by atoms with Crippen LogP contribution < -0.4 is 14.4 Å². The molecule has 0 aliphatic heterocycles. The van der Waals surface area contributed by atoms with Gasteiger partial charge in [0.2, 0.25) is 11.8 Å². The molecular formula is C33H34ClN3O5S. The highest BCUT2D eigenvalue weighted by molar-refractivity contribution is 7.92. The summed E-state index contributed by atoms with van der Waals surface area (Å²) in [6, 6.07) is 28.3. The Labute approximate surface area is 257 Å². The third-order valence-corrected chi connectivity index (χ3v) is 9.07. The Morgan fingerprint density at radius 1 is 0.860 bits per heavy atom. The standard InChI is InChI=1S/C33H34ClN3O5S/c1-24-9-11-26(12-10-24)22-36(31(33(39)35-2)21-25-7-5-4-6-8-25)32(38)23-37(28-15-13-27(34)14-16-28)43(40,41)30-19-17-29(42-3)18-20-30/h4-20,31H,21-23H2,1-3H3,(H,35,39)/t31-/m1/s1. The lowest BCUT2D eigenvalue weighted by Gasteiger charge is -2.33. The van der Waals surface area contributed by atoms with Gasteiger partial charge in [-0.1, -0.05) is 71.8 Å². The van der Waals surface area contributed by atoms with Crippen LogP contribution in [0, 0.1) is 6.92 Å². The molecule has 4 aromatic rings. The fourth-order valence-electron chi connectivity index (χ4n) is 4.62. The second kappa shape index (κ2) is 14.2. The first-order valence-electron chi connectivity index (χ1n) is 13.6. The zero-order valence-corrected chi connectivity index (χ0v) is 25.8. The maximum absolute atomic E-state index is 14.3. The topological polar surface area (TPSA) is 96.0 Å². The summed E-state index contributed by atoms with van der Waals surface area (Å²) in [5.41, 5.74) is 2.96. The minimum Gasteiger partial charge on any atom is -0.497 e. The van der Waals surface area contributed by atoms with Gasteiger partial charge in [0.1, 0.15) is 18.3 Å². The number of rotatable bonds is 12. The molecular weight excluding hydrogens is 586 g/mol. The number of carbonyl (C=O) groups excluding carboxylic acids is 2. The van der Waals surface area contributed by atoms with Crippen LogP contribution in [0.15, 0.2) is 108 Å². The molecule has 0 aliphatic carbocycles. The van der Waals surface area contributed by atoms with Gasteiger partial charge in [-0.3, -0.25) is 13.9 Å². The number of methoxy groups -OCH3 is 1. The number of ether oxygens (including phenoxy) is 1. The number of amides is 2. The monoisotopic (exact) mass is 619 g/mol. The summed E-state index contributed by atoms with van der Waals surface area (Å²) in [5.74, 6) is -0.413. The Bertz CT molecular complexity index is 1630. The number of nitrogens with zero attached hydrogens (tertiary/aromatic N) is 2. The van der Waals surface area contributed by atoms with E-state index < -0.39 is 28.5 Å². The van der Waals surface area contributed by atoms with Crippen molar-refractivity contribution in [2.45, 2.75) is 30.8 Å². The van der Waals surface area contributed by atoms with E-state index in [0.717, 1.165) is 21.0 Å². The van der Waals surface area contributed by atoms with Gasteiger partial charge in [0.25, 0.3) is 10.0 Å².